The fourth-order valence-electron chi connectivity index (χ4n) is 3.33. The maximum atomic E-state index is 12.8. The van der Waals surface area contributed by atoms with Crippen molar-refractivity contribution in [3.8, 4) is 0 Å². The van der Waals surface area contributed by atoms with E-state index in [9.17, 15) is 13.2 Å². The van der Waals surface area contributed by atoms with Crippen LogP contribution in [0.5, 0.6) is 0 Å². The van der Waals surface area contributed by atoms with E-state index in [0.29, 0.717) is 25.2 Å². The van der Waals surface area contributed by atoms with Crippen LogP contribution in [-0.4, -0.2) is 53.1 Å². The van der Waals surface area contributed by atoms with Gasteiger partial charge in [-0.3, -0.25) is 4.79 Å². The van der Waals surface area contributed by atoms with Crippen LogP contribution >= 0.6 is 11.8 Å². The summed E-state index contributed by atoms with van der Waals surface area (Å²) in [5.41, 5.74) is 1.50. The summed E-state index contributed by atoms with van der Waals surface area (Å²) < 4.78 is 29.1. The number of aryl methyl sites for hydroxylation is 1. The lowest BCUT2D eigenvalue weighted by atomic mass is 10.2. The van der Waals surface area contributed by atoms with Gasteiger partial charge in [-0.2, -0.15) is 4.31 Å². The standard InChI is InChI=1S/C20H32N4O3S2/c1-6-10-15(5)21-19(25)14-28-20-22-17-13-16(11-12-18(17)24(20)9-4)29(26,27)23(7-2)8-3/h11-13,15H,6-10,14H2,1-5H3,(H,21,25). The highest BCUT2D eigenvalue weighted by molar-refractivity contribution is 7.99. The van der Waals surface area contributed by atoms with Gasteiger partial charge in [-0.25, -0.2) is 13.4 Å². The molecule has 0 spiro atoms. The fraction of sp³-hybridized carbons (Fsp3) is 0.600. The lowest BCUT2D eigenvalue weighted by Gasteiger charge is -2.18. The van der Waals surface area contributed by atoms with Crippen molar-refractivity contribution in [2.75, 3.05) is 18.8 Å². The normalized spacial score (nSPS) is 13.2. The molecule has 162 valence electrons. The van der Waals surface area contributed by atoms with Crippen molar-refractivity contribution >= 4 is 38.7 Å². The number of rotatable bonds is 11. The van der Waals surface area contributed by atoms with E-state index < -0.39 is 10.0 Å². The molecule has 0 radical (unpaired) electrons. The molecule has 1 atom stereocenters. The molecule has 2 aromatic rings. The molecule has 29 heavy (non-hydrogen) atoms. The molecule has 0 bridgehead atoms. The summed E-state index contributed by atoms with van der Waals surface area (Å²) in [4.78, 5) is 17.1. The molecule has 1 amide bonds. The van der Waals surface area contributed by atoms with E-state index in [1.54, 1.807) is 18.2 Å². The average Bonchev–Trinajstić information content (AvgIpc) is 3.03. The van der Waals surface area contributed by atoms with Crippen molar-refractivity contribution < 1.29 is 13.2 Å². The lowest BCUT2D eigenvalue weighted by molar-refractivity contribution is -0.119. The second kappa shape index (κ2) is 10.4. The van der Waals surface area contributed by atoms with Gasteiger partial charge in [0, 0.05) is 25.7 Å². The topological polar surface area (TPSA) is 84.3 Å². The van der Waals surface area contributed by atoms with E-state index in [4.69, 9.17) is 0 Å². The second-order valence-electron chi connectivity index (χ2n) is 6.92. The number of imidazole rings is 1. The van der Waals surface area contributed by atoms with E-state index in [1.165, 1.54) is 16.1 Å². The van der Waals surface area contributed by atoms with Crippen LogP contribution in [0.2, 0.25) is 0 Å². The molecule has 1 aromatic heterocycles. The quantitative estimate of drug-likeness (QED) is 0.541. The highest BCUT2D eigenvalue weighted by Gasteiger charge is 2.23. The second-order valence-corrected chi connectivity index (χ2v) is 9.80. The number of sulfonamides is 1. The van der Waals surface area contributed by atoms with Gasteiger partial charge >= 0.3 is 0 Å². The third-order valence-electron chi connectivity index (χ3n) is 4.81. The van der Waals surface area contributed by atoms with Crippen molar-refractivity contribution in [2.45, 2.75) is 70.1 Å². The van der Waals surface area contributed by atoms with E-state index in [0.717, 1.165) is 23.5 Å². The number of carbonyl (C=O) groups excluding carboxylic acids is 1. The number of thioether (sulfide) groups is 1. The van der Waals surface area contributed by atoms with Gasteiger partial charge in [0.25, 0.3) is 0 Å². The predicted octanol–water partition coefficient (Wildman–Crippen LogP) is 3.48. The third kappa shape index (κ3) is 5.52. The largest absolute Gasteiger partial charge is 0.353 e. The van der Waals surface area contributed by atoms with Crippen molar-refractivity contribution in [3.05, 3.63) is 18.2 Å². The Hall–Kier alpha value is -1.58. The minimum atomic E-state index is -3.53. The van der Waals surface area contributed by atoms with Gasteiger partial charge in [-0.1, -0.05) is 39.0 Å². The zero-order valence-corrected chi connectivity index (χ0v) is 19.6. The van der Waals surface area contributed by atoms with Gasteiger partial charge in [0.1, 0.15) is 0 Å². The highest BCUT2D eigenvalue weighted by Crippen LogP contribution is 2.27. The third-order valence-corrected chi connectivity index (χ3v) is 7.83. The monoisotopic (exact) mass is 440 g/mol. The van der Waals surface area contributed by atoms with Gasteiger partial charge in [-0.05, 0) is 38.5 Å². The van der Waals surface area contributed by atoms with E-state index in [1.807, 2.05) is 32.3 Å². The molecule has 0 aliphatic heterocycles. The first-order chi connectivity index (χ1) is 13.8. The number of carbonyl (C=O) groups is 1. The Morgan fingerprint density at radius 2 is 1.93 bits per heavy atom. The van der Waals surface area contributed by atoms with Crippen molar-refractivity contribution in [1.82, 2.24) is 19.2 Å². The van der Waals surface area contributed by atoms with Crippen molar-refractivity contribution in [2.24, 2.45) is 0 Å². The van der Waals surface area contributed by atoms with E-state index in [2.05, 4.69) is 17.2 Å². The van der Waals surface area contributed by atoms with Gasteiger partial charge in [-0.15, -0.1) is 0 Å². The molecular formula is C20H32N4O3S2. The first-order valence-corrected chi connectivity index (χ1v) is 12.6. The molecule has 2 rings (SSSR count). The van der Waals surface area contributed by atoms with Crippen LogP contribution in [0.1, 0.15) is 47.5 Å². The number of amides is 1. The highest BCUT2D eigenvalue weighted by atomic mass is 32.2. The molecule has 0 fully saturated rings. The number of nitrogens with one attached hydrogen (secondary N) is 1. The number of hydrogen-bond donors (Lipinski definition) is 1. The summed E-state index contributed by atoms with van der Waals surface area (Å²) in [6.45, 7) is 11.3. The van der Waals surface area contributed by atoms with E-state index >= 15 is 0 Å². The number of fused-ring (bicyclic) bond motifs is 1. The predicted molar refractivity (Wildman–Crippen MR) is 119 cm³/mol. The molecule has 1 N–H and O–H groups in total. The lowest BCUT2D eigenvalue weighted by Crippen LogP contribution is -2.33. The zero-order chi connectivity index (χ0) is 21.6. The Morgan fingerprint density at radius 3 is 2.52 bits per heavy atom. The Labute approximate surface area is 178 Å². The Bertz CT molecular complexity index is 937. The summed E-state index contributed by atoms with van der Waals surface area (Å²) in [6.07, 6.45) is 1.98. The van der Waals surface area contributed by atoms with Gasteiger partial charge in [0.15, 0.2) is 5.16 Å². The average molecular weight is 441 g/mol. The van der Waals surface area contributed by atoms with Crippen LogP contribution in [-0.2, 0) is 21.4 Å². The van der Waals surface area contributed by atoms with Gasteiger partial charge < -0.3 is 9.88 Å². The molecule has 9 heteroatoms. The SMILES string of the molecule is CCCC(C)NC(=O)CSc1nc2cc(S(=O)(=O)N(CC)CC)ccc2n1CC. The summed E-state index contributed by atoms with van der Waals surface area (Å²) in [6, 6.07) is 5.22. The summed E-state index contributed by atoms with van der Waals surface area (Å²) in [7, 11) is -3.53. The summed E-state index contributed by atoms with van der Waals surface area (Å²) >= 11 is 1.37. The van der Waals surface area contributed by atoms with Crippen LogP contribution in [0.3, 0.4) is 0 Å². The Balaban J connectivity index is 2.26. The van der Waals surface area contributed by atoms with Crippen molar-refractivity contribution in [1.29, 1.82) is 0 Å². The number of nitrogens with zero attached hydrogens (tertiary/aromatic N) is 3. The maximum absolute atomic E-state index is 12.8. The van der Waals surface area contributed by atoms with Crippen LogP contribution in [0.15, 0.2) is 28.3 Å². The summed E-state index contributed by atoms with van der Waals surface area (Å²) in [5.74, 6) is 0.262. The van der Waals surface area contributed by atoms with Crippen LogP contribution in [0.25, 0.3) is 11.0 Å². The number of benzene rings is 1. The molecule has 0 saturated heterocycles. The fourth-order valence-corrected chi connectivity index (χ4v) is 5.70. The van der Waals surface area contributed by atoms with Gasteiger partial charge in [0.2, 0.25) is 15.9 Å². The molecule has 0 aliphatic carbocycles. The minimum absolute atomic E-state index is 0.0181. The molecular weight excluding hydrogens is 408 g/mol. The zero-order valence-electron chi connectivity index (χ0n) is 17.9. The molecule has 1 heterocycles. The summed E-state index contributed by atoms with van der Waals surface area (Å²) in [5, 5.41) is 3.72. The molecule has 1 unspecified atom stereocenters. The molecule has 0 saturated carbocycles. The molecule has 0 aliphatic rings. The maximum Gasteiger partial charge on any atom is 0.243 e. The van der Waals surface area contributed by atoms with Crippen molar-refractivity contribution in [3.63, 3.8) is 0 Å². The van der Waals surface area contributed by atoms with Crippen LogP contribution < -0.4 is 5.32 Å². The van der Waals surface area contributed by atoms with Gasteiger partial charge in [0.05, 0.1) is 21.7 Å². The molecule has 7 nitrogen and oxygen atoms in total. The van der Waals surface area contributed by atoms with Crippen LogP contribution in [0, 0.1) is 0 Å². The first-order valence-electron chi connectivity index (χ1n) is 10.2. The molecule has 1 aromatic carbocycles. The smallest absolute Gasteiger partial charge is 0.243 e. The Kier molecular flexibility index (Phi) is 8.54. The number of aromatic nitrogens is 2. The first kappa shape index (κ1) is 23.7. The Morgan fingerprint density at radius 1 is 1.24 bits per heavy atom. The van der Waals surface area contributed by atoms with Crippen LogP contribution in [0.4, 0.5) is 0 Å². The minimum Gasteiger partial charge on any atom is -0.353 e. The number of hydrogen-bond acceptors (Lipinski definition) is 5. The van der Waals surface area contributed by atoms with E-state index in [-0.39, 0.29) is 22.6 Å².